The second-order valence-corrected chi connectivity index (χ2v) is 13.5. The van der Waals surface area contributed by atoms with Crippen LogP contribution in [0.5, 0.6) is 5.75 Å². The van der Waals surface area contributed by atoms with Crippen molar-refractivity contribution in [3.8, 4) is 5.75 Å². The molecule has 0 N–H and O–H groups in total. The maximum atomic E-state index is 13.7. The fraction of sp³-hybridized carbons (Fsp3) is 0.679. The lowest BCUT2D eigenvalue weighted by molar-refractivity contribution is -0.0113. The molecule has 0 saturated carbocycles. The number of aromatic nitrogens is 2. The van der Waals surface area contributed by atoms with E-state index in [4.69, 9.17) is 25.8 Å². The van der Waals surface area contributed by atoms with Crippen molar-refractivity contribution >= 4 is 50.3 Å². The minimum absolute atomic E-state index is 0.118. The number of hydrogen-bond acceptors (Lipinski definition) is 8. The van der Waals surface area contributed by atoms with Gasteiger partial charge in [0.05, 0.1) is 28.2 Å². The van der Waals surface area contributed by atoms with Crippen molar-refractivity contribution in [3.05, 3.63) is 26.0 Å². The SMILES string of the molecule is CC1CN(c2nc(=O)n3c4c(c(Br)c(Cl)cc24)OCC3COC2CCN(C)CC2)C(C)CN1C(=O)OC(C)(C)C. The zero-order valence-corrected chi connectivity index (χ0v) is 26.4. The first-order chi connectivity index (χ1) is 18.8. The molecule has 1 amide bonds. The van der Waals surface area contributed by atoms with Crippen molar-refractivity contribution in [2.45, 2.75) is 77.3 Å². The Hall–Kier alpha value is -2.08. The molecule has 0 radical (unpaired) electrons. The molecule has 0 bridgehead atoms. The van der Waals surface area contributed by atoms with E-state index in [1.165, 1.54) is 0 Å². The summed E-state index contributed by atoms with van der Waals surface area (Å²) in [4.78, 5) is 37.3. The normalized spacial score (nSPS) is 24.4. The Kier molecular flexibility index (Phi) is 8.31. The molecular formula is C28H39BrClN5O5. The highest BCUT2D eigenvalue weighted by molar-refractivity contribution is 9.10. The molecule has 40 heavy (non-hydrogen) atoms. The highest BCUT2D eigenvalue weighted by Crippen LogP contribution is 2.44. The van der Waals surface area contributed by atoms with Gasteiger partial charge in [-0.3, -0.25) is 4.57 Å². The molecule has 10 nitrogen and oxygen atoms in total. The number of rotatable bonds is 4. The predicted molar refractivity (Wildman–Crippen MR) is 159 cm³/mol. The molecule has 4 heterocycles. The number of halogens is 2. The third kappa shape index (κ3) is 5.80. The summed E-state index contributed by atoms with van der Waals surface area (Å²) < 4.78 is 20.5. The van der Waals surface area contributed by atoms with E-state index in [9.17, 15) is 9.59 Å². The molecule has 0 aliphatic carbocycles. The minimum atomic E-state index is -0.582. The molecule has 12 heteroatoms. The zero-order chi connectivity index (χ0) is 28.9. The lowest BCUT2D eigenvalue weighted by Crippen LogP contribution is -2.59. The number of likely N-dealkylation sites (tertiary alicyclic amines) is 1. The Bertz CT molecular complexity index is 1340. The van der Waals surface area contributed by atoms with Crippen molar-refractivity contribution in [2.75, 3.05) is 51.3 Å². The first-order valence-corrected chi connectivity index (χ1v) is 15.1. The number of carbonyl (C=O) groups is 1. The predicted octanol–water partition coefficient (Wildman–Crippen LogP) is 4.69. The molecule has 1 aromatic heterocycles. The van der Waals surface area contributed by atoms with E-state index in [-0.39, 0.29) is 42.6 Å². The average molecular weight is 641 g/mol. The lowest BCUT2D eigenvalue weighted by Gasteiger charge is -2.45. The van der Waals surface area contributed by atoms with Crippen LogP contribution >= 0.6 is 27.5 Å². The first kappa shape index (κ1) is 29.4. The second-order valence-electron chi connectivity index (χ2n) is 12.3. The summed E-state index contributed by atoms with van der Waals surface area (Å²) in [6, 6.07) is 1.25. The van der Waals surface area contributed by atoms with Crippen LogP contribution < -0.4 is 15.3 Å². The number of piperazine rings is 1. The van der Waals surface area contributed by atoms with Gasteiger partial charge in [0, 0.05) is 43.6 Å². The molecule has 2 saturated heterocycles. The van der Waals surface area contributed by atoms with Crippen LogP contribution in [0, 0.1) is 0 Å². The summed E-state index contributed by atoms with van der Waals surface area (Å²) in [5.41, 5.74) is -0.280. The van der Waals surface area contributed by atoms with E-state index >= 15 is 0 Å². The van der Waals surface area contributed by atoms with E-state index in [0.29, 0.717) is 46.3 Å². The van der Waals surface area contributed by atoms with Crippen molar-refractivity contribution in [1.29, 1.82) is 0 Å². The highest BCUT2D eigenvalue weighted by atomic mass is 79.9. The number of piperidine rings is 1. The van der Waals surface area contributed by atoms with Crippen LogP contribution in [-0.2, 0) is 9.47 Å². The number of hydrogen-bond donors (Lipinski definition) is 0. The van der Waals surface area contributed by atoms with Crippen LogP contribution in [-0.4, -0.2) is 95.7 Å². The fourth-order valence-corrected chi connectivity index (χ4v) is 6.38. The Morgan fingerprint density at radius 3 is 2.58 bits per heavy atom. The lowest BCUT2D eigenvalue weighted by atomic mass is 10.1. The van der Waals surface area contributed by atoms with Gasteiger partial charge in [0.15, 0.2) is 5.75 Å². The largest absolute Gasteiger partial charge is 0.488 e. The fourth-order valence-electron chi connectivity index (χ4n) is 5.76. The molecule has 0 spiro atoms. The van der Waals surface area contributed by atoms with Gasteiger partial charge in [0.1, 0.15) is 23.5 Å². The topological polar surface area (TPSA) is 89.4 Å². The molecule has 3 aliphatic heterocycles. The van der Waals surface area contributed by atoms with Gasteiger partial charge in [0.2, 0.25) is 0 Å². The summed E-state index contributed by atoms with van der Waals surface area (Å²) in [5, 5.41) is 1.21. The van der Waals surface area contributed by atoms with Crippen LogP contribution in [0.3, 0.4) is 0 Å². The number of amides is 1. The third-order valence-electron chi connectivity index (χ3n) is 7.90. The van der Waals surface area contributed by atoms with Gasteiger partial charge in [-0.25, -0.2) is 9.59 Å². The van der Waals surface area contributed by atoms with Crippen molar-refractivity contribution in [3.63, 3.8) is 0 Å². The van der Waals surface area contributed by atoms with E-state index in [1.54, 1.807) is 9.47 Å². The number of benzene rings is 1. The van der Waals surface area contributed by atoms with Gasteiger partial charge in [-0.05, 0) is 76.5 Å². The van der Waals surface area contributed by atoms with Gasteiger partial charge in [-0.2, -0.15) is 4.98 Å². The molecule has 3 unspecified atom stereocenters. The number of ether oxygens (including phenoxy) is 3. The average Bonchev–Trinajstić information content (AvgIpc) is 2.88. The molecular weight excluding hydrogens is 602 g/mol. The van der Waals surface area contributed by atoms with Gasteiger partial charge < -0.3 is 28.9 Å². The number of anilines is 1. The number of nitrogens with zero attached hydrogens (tertiary/aromatic N) is 5. The summed E-state index contributed by atoms with van der Waals surface area (Å²) in [7, 11) is 2.12. The van der Waals surface area contributed by atoms with Crippen LogP contribution in [0.2, 0.25) is 5.02 Å². The highest BCUT2D eigenvalue weighted by Gasteiger charge is 2.37. The first-order valence-electron chi connectivity index (χ1n) is 14.0. The Balaban J connectivity index is 1.48. The van der Waals surface area contributed by atoms with Crippen molar-refractivity contribution in [1.82, 2.24) is 19.4 Å². The summed E-state index contributed by atoms with van der Waals surface area (Å²) in [6.07, 6.45) is 1.75. The number of carbonyl (C=O) groups excluding carboxylic acids is 1. The summed E-state index contributed by atoms with van der Waals surface area (Å²) >= 11 is 10.2. The standard InChI is InChI=1S/C28H39BrClN5O5/c1-16-13-34(27(37)40-28(3,4)5)17(2)12-33(16)25-20-11-21(30)22(29)24-23(20)35(26(36)31-25)18(15-39-24)14-38-19-7-9-32(6)10-8-19/h11,16-19H,7-10,12-15H2,1-6H3. The van der Waals surface area contributed by atoms with E-state index < -0.39 is 5.60 Å². The van der Waals surface area contributed by atoms with E-state index in [2.05, 4.69) is 37.8 Å². The van der Waals surface area contributed by atoms with Crippen molar-refractivity contribution in [2.24, 2.45) is 0 Å². The van der Waals surface area contributed by atoms with Gasteiger partial charge in [-0.15, -0.1) is 0 Å². The third-order valence-corrected chi connectivity index (χ3v) is 9.21. The van der Waals surface area contributed by atoms with Crippen LogP contribution in [0.25, 0.3) is 10.9 Å². The van der Waals surface area contributed by atoms with Crippen LogP contribution in [0.4, 0.5) is 10.6 Å². The maximum absolute atomic E-state index is 13.7. The Morgan fingerprint density at radius 1 is 1.20 bits per heavy atom. The quantitative estimate of drug-likeness (QED) is 0.476. The smallest absolute Gasteiger partial charge is 0.410 e. The maximum Gasteiger partial charge on any atom is 0.410 e. The molecule has 5 rings (SSSR count). The van der Waals surface area contributed by atoms with E-state index in [1.807, 2.05) is 40.7 Å². The minimum Gasteiger partial charge on any atom is -0.488 e. The van der Waals surface area contributed by atoms with Crippen molar-refractivity contribution < 1.29 is 19.0 Å². The van der Waals surface area contributed by atoms with Gasteiger partial charge >= 0.3 is 11.8 Å². The molecule has 2 aromatic rings. The van der Waals surface area contributed by atoms with E-state index in [0.717, 1.165) is 31.3 Å². The van der Waals surface area contributed by atoms with Crippen LogP contribution in [0.1, 0.15) is 53.5 Å². The summed E-state index contributed by atoms with van der Waals surface area (Å²) in [6.45, 7) is 13.1. The van der Waals surface area contributed by atoms with Gasteiger partial charge in [0.25, 0.3) is 0 Å². The summed E-state index contributed by atoms with van der Waals surface area (Å²) in [5.74, 6) is 1.07. The molecule has 2 fully saturated rings. The zero-order valence-electron chi connectivity index (χ0n) is 24.1. The molecule has 3 atom stereocenters. The second kappa shape index (κ2) is 11.3. The molecule has 3 aliphatic rings. The monoisotopic (exact) mass is 639 g/mol. The molecule has 1 aromatic carbocycles. The Morgan fingerprint density at radius 2 is 1.90 bits per heavy atom. The van der Waals surface area contributed by atoms with Gasteiger partial charge in [-0.1, -0.05) is 11.6 Å². The Labute approximate surface area is 248 Å². The molecule has 220 valence electrons. The van der Waals surface area contributed by atoms with Crippen LogP contribution in [0.15, 0.2) is 15.3 Å².